The summed E-state index contributed by atoms with van der Waals surface area (Å²) in [5, 5.41) is 14.0. The number of carboxylic acids is 1. The number of aliphatic carboxylic acids is 1. The van der Waals surface area contributed by atoms with Crippen molar-refractivity contribution in [2.75, 3.05) is 18.8 Å². The number of nitrogens with zero attached hydrogens (tertiary/aromatic N) is 1. The van der Waals surface area contributed by atoms with Gasteiger partial charge in [-0.2, -0.15) is 0 Å². The first-order valence-corrected chi connectivity index (χ1v) is 10.9. The molecule has 3 N–H and O–H groups in total. The summed E-state index contributed by atoms with van der Waals surface area (Å²) in [5.74, 6) is -1.12. The Morgan fingerprint density at radius 3 is 2.89 bits per heavy atom. The van der Waals surface area contributed by atoms with Crippen molar-refractivity contribution >= 4 is 40.9 Å². The molecule has 7 nitrogen and oxygen atoms in total. The number of allylic oxidation sites excluding steroid dienone is 2. The highest BCUT2D eigenvalue weighted by atomic mass is 32.2. The molecule has 2 amide bonds. The molecular weight excluding hydrogens is 398 g/mol. The minimum absolute atomic E-state index is 0.0768. The number of rotatable bonds is 6. The fourth-order valence-electron chi connectivity index (χ4n) is 3.58. The maximum Gasteiger partial charge on any atom is 0.352 e. The number of carbonyl (C=O) groups excluding carboxylic acids is 2. The fraction of sp³-hybridized carbons (Fsp3) is 0.316. The number of β-lactam (4-membered cyclic amide) rings is 1. The van der Waals surface area contributed by atoms with Crippen molar-refractivity contribution in [2.45, 2.75) is 17.8 Å². The molecule has 0 radical (unpaired) electrons. The van der Waals surface area contributed by atoms with Gasteiger partial charge in [-0.05, 0) is 23.6 Å². The molecule has 0 bridgehead atoms. The maximum absolute atomic E-state index is 12.7. The number of carbonyl (C=O) groups is 3. The number of carboxylic acid groups (broad SMARTS) is 1. The molecule has 3 aliphatic heterocycles. The van der Waals surface area contributed by atoms with Crippen LogP contribution in [0.15, 0.2) is 53.2 Å². The number of thiophene rings is 1. The summed E-state index contributed by atoms with van der Waals surface area (Å²) in [6, 6.07) is 3.08. The van der Waals surface area contributed by atoms with Gasteiger partial charge in [0.2, 0.25) is 5.91 Å². The Balaban J connectivity index is 1.46. The van der Waals surface area contributed by atoms with Crippen molar-refractivity contribution in [2.24, 2.45) is 0 Å². The molecule has 2 unspecified atom stereocenters. The molecule has 4 rings (SSSR count). The number of quaternary nitrogens is 1. The summed E-state index contributed by atoms with van der Waals surface area (Å²) in [4.78, 5) is 40.2. The smallest absolute Gasteiger partial charge is 0.352 e. The van der Waals surface area contributed by atoms with Crippen molar-refractivity contribution < 1.29 is 24.4 Å². The minimum atomic E-state index is -1.09. The van der Waals surface area contributed by atoms with E-state index in [0.29, 0.717) is 12.3 Å². The van der Waals surface area contributed by atoms with E-state index in [1.807, 2.05) is 41.9 Å². The minimum Gasteiger partial charge on any atom is -0.477 e. The van der Waals surface area contributed by atoms with Crippen LogP contribution >= 0.6 is 23.1 Å². The lowest BCUT2D eigenvalue weighted by Gasteiger charge is -2.49. The molecule has 146 valence electrons. The average molecular weight is 419 g/mol. The Bertz CT molecular complexity index is 891. The second-order valence-corrected chi connectivity index (χ2v) is 8.93. The number of fused-ring (bicyclic) bond motifs is 1. The van der Waals surface area contributed by atoms with Crippen LogP contribution in [0.4, 0.5) is 0 Å². The van der Waals surface area contributed by atoms with Crippen LogP contribution in [-0.4, -0.2) is 58.0 Å². The van der Waals surface area contributed by atoms with Crippen LogP contribution < -0.4 is 10.2 Å². The summed E-state index contributed by atoms with van der Waals surface area (Å²) >= 11 is 3.00. The first-order chi connectivity index (χ1) is 13.5. The van der Waals surface area contributed by atoms with Crippen LogP contribution in [0.3, 0.4) is 0 Å². The Morgan fingerprint density at radius 2 is 2.21 bits per heavy atom. The van der Waals surface area contributed by atoms with E-state index in [9.17, 15) is 19.5 Å². The van der Waals surface area contributed by atoms with E-state index in [1.165, 1.54) is 28.0 Å². The van der Waals surface area contributed by atoms with Gasteiger partial charge in [0.05, 0.1) is 12.6 Å². The van der Waals surface area contributed by atoms with Crippen molar-refractivity contribution in [3.63, 3.8) is 0 Å². The summed E-state index contributed by atoms with van der Waals surface area (Å²) < 4.78 is 0. The fourth-order valence-corrected chi connectivity index (χ4v) is 5.63. The molecule has 0 aliphatic carbocycles. The van der Waals surface area contributed by atoms with Crippen LogP contribution in [-0.2, 0) is 20.8 Å². The van der Waals surface area contributed by atoms with Gasteiger partial charge in [0.1, 0.15) is 30.2 Å². The van der Waals surface area contributed by atoms with E-state index in [0.717, 1.165) is 21.9 Å². The molecular formula is C19H20N3O4S2+. The Labute approximate surface area is 170 Å². The first kappa shape index (κ1) is 19.0. The molecule has 0 aromatic carbocycles. The molecule has 3 aliphatic rings. The summed E-state index contributed by atoms with van der Waals surface area (Å²) in [6.45, 7) is 1.33. The van der Waals surface area contributed by atoms with Gasteiger partial charge in [-0.25, -0.2) is 4.79 Å². The number of amides is 2. The zero-order valence-corrected chi connectivity index (χ0v) is 16.6. The third-order valence-corrected chi connectivity index (χ3v) is 7.10. The summed E-state index contributed by atoms with van der Waals surface area (Å²) in [6.07, 6.45) is 8.15. The van der Waals surface area contributed by atoms with Crippen molar-refractivity contribution in [3.8, 4) is 0 Å². The van der Waals surface area contributed by atoms with E-state index >= 15 is 0 Å². The van der Waals surface area contributed by atoms with Crippen molar-refractivity contribution in [1.29, 1.82) is 0 Å². The molecule has 1 saturated heterocycles. The summed E-state index contributed by atoms with van der Waals surface area (Å²) in [7, 11) is 0. The first-order valence-electron chi connectivity index (χ1n) is 8.94. The quantitative estimate of drug-likeness (QED) is 0.566. The Morgan fingerprint density at radius 1 is 1.36 bits per heavy atom. The second-order valence-electron chi connectivity index (χ2n) is 6.79. The zero-order valence-electron chi connectivity index (χ0n) is 15.0. The normalized spacial score (nSPS) is 26.1. The zero-order chi connectivity index (χ0) is 19.7. The third kappa shape index (κ3) is 3.65. The molecule has 0 saturated carbocycles. The van der Waals surface area contributed by atoms with Crippen LogP contribution in [0.1, 0.15) is 4.88 Å². The SMILES string of the molecule is O=C(Cc1cccs1)N[C@@H]1C(=O)N2C(C(=O)O)=C(C[NH+]3C=CC=CC3)CSC12. The molecule has 28 heavy (non-hydrogen) atoms. The van der Waals surface area contributed by atoms with Crippen molar-refractivity contribution in [3.05, 3.63) is 58.1 Å². The highest BCUT2D eigenvalue weighted by Crippen LogP contribution is 2.40. The molecule has 1 fully saturated rings. The predicted octanol–water partition coefficient (Wildman–Crippen LogP) is -0.00240. The van der Waals surface area contributed by atoms with E-state index in [1.54, 1.807) is 0 Å². The van der Waals surface area contributed by atoms with E-state index in [-0.39, 0.29) is 29.3 Å². The van der Waals surface area contributed by atoms with Gasteiger partial charge in [-0.15, -0.1) is 23.1 Å². The molecule has 1 aromatic heterocycles. The number of hydrogen-bond acceptors (Lipinski definition) is 5. The third-order valence-electron chi connectivity index (χ3n) is 4.88. The van der Waals surface area contributed by atoms with E-state index in [2.05, 4.69) is 5.32 Å². The van der Waals surface area contributed by atoms with Crippen LogP contribution in [0, 0.1) is 0 Å². The number of thioether (sulfide) groups is 1. The Kier molecular flexibility index (Phi) is 5.38. The lowest BCUT2D eigenvalue weighted by atomic mass is 10.0. The lowest BCUT2D eigenvalue weighted by molar-refractivity contribution is -0.835. The van der Waals surface area contributed by atoms with Gasteiger partial charge in [0, 0.05) is 16.2 Å². The van der Waals surface area contributed by atoms with Gasteiger partial charge < -0.3 is 15.3 Å². The van der Waals surface area contributed by atoms with Crippen LogP contribution in [0.5, 0.6) is 0 Å². The largest absolute Gasteiger partial charge is 0.477 e. The maximum atomic E-state index is 12.7. The molecule has 4 heterocycles. The Hall–Kier alpha value is -2.36. The average Bonchev–Trinajstić information content (AvgIpc) is 3.19. The molecule has 9 heteroatoms. The van der Waals surface area contributed by atoms with Crippen LogP contribution in [0.25, 0.3) is 0 Å². The molecule has 0 spiro atoms. The van der Waals surface area contributed by atoms with Gasteiger partial charge >= 0.3 is 5.97 Å². The lowest BCUT2D eigenvalue weighted by Crippen LogP contribution is -3.08. The van der Waals surface area contributed by atoms with Crippen LogP contribution in [0.2, 0.25) is 0 Å². The summed E-state index contributed by atoms with van der Waals surface area (Å²) in [5.41, 5.74) is 0.827. The van der Waals surface area contributed by atoms with Gasteiger partial charge in [0.25, 0.3) is 5.91 Å². The van der Waals surface area contributed by atoms with Gasteiger partial charge in [0.15, 0.2) is 0 Å². The highest BCUT2D eigenvalue weighted by molar-refractivity contribution is 8.00. The van der Waals surface area contributed by atoms with Gasteiger partial charge in [-0.3, -0.25) is 14.5 Å². The number of hydrogen-bond donors (Lipinski definition) is 3. The molecule has 3 atom stereocenters. The standard InChI is InChI=1S/C19H19N3O4S2/c23-14(9-13-5-4-8-27-13)20-15-17(24)22-16(19(25)26)12(11-28-18(15)22)10-21-6-2-1-3-7-21/h1-6,8,15,18H,7,9-11H2,(H,20,23)(H,25,26)/p+1/t15-,18?/m1/s1. The predicted molar refractivity (Wildman–Crippen MR) is 107 cm³/mol. The number of nitrogens with one attached hydrogen (secondary N) is 2. The van der Waals surface area contributed by atoms with Crippen molar-refractivity contribution in [1.82, 2.24) is 10.2 Å². The van der Waals surface area contributed by atoms with E-state index < -0.39 is 12.0 Å². The monoisotopic (exact) mass is 418 g/mol. The second kappa shape index (κ2) is 7.94. The highest BCUT2D eigenvalue weighted by Gasteiger charge is 2.54. The topological polar surface area (TPSA) is 91.2 Å². The van der Waals surface area contributed by atoms with Gasteiger partial charge in [-0.1, -0.05) is 12.1 Å². The molecule has 1 aromatic rings. The van der Waals surface area contributed by atoms with E-state index in [4.69, 9.17) is 0 Å².